The molecule has 0 bridgehead atoms. The molecule has 0 fully saturated rings. The zero-order valence-electron chi connectivity index (χ0n) is 12.6. The first-order chi connectivity index (χ1) is 9.13. The van der Waals surface area contributed by atoms with Gasteiger partial charge in [0.25, 0.3) is 0 Å². The minimum absolute atomic E-state index is 0. The van der Waals surface area contributed by atoms with Gasteiger partial charge in [0.1, 0.15) is 11.5 Å². The van der Waals surface area contributed by atoms with E-state index >= 15 is 0 Å². The van der Waals surface area contributed by atoms with E-state index in [2.05, 4.69) is 31.2 Å². The number of rotatable bonds is 4. The maximum Gasteiger partial charge on any atom is 1.00 e. The Bertz CT molecular complexity index is 579. The quantitative estimate of drug-likeness (QED) is 0.851. The van der Waals surface area contributed by atoms with Crippen molar-refractivity contribution in [1.29, 1.82) is 0 Å². The van der Waals surface area contributed by atoms with Crippen molar-refractivity contribution < 1.29 is 23.3 Å². The van der Waals surface area contributed by atoms with E-state index in [9.17, 15) is 0 Å². The lowest BCUT2D eigenvalue weighted by molar-refractivity contribution is -0.00000452. The van der Waals surface area contributed by atoms with Crippen LogP contribution in [0.25, 0.3) is 0 Å². The van der Waals surface area contributed by atoms with E-state index in [4.69, 9.17) is 15.2 Å². The van der Waals surface area contributed by atoms with Crippen LogP contribution in [-0.2, 0) is 0 Å². The normalized spacial score (nSPS) is 9.75. The van der Waals surface area contributed by atoms with Gasteiger partial charge in [-0.2, -0.15) is 0 Å². The van der Waals surface area contributed by atoms with Gasteiger partial charge in [-0.05, 0) is 25.1 Å². The Labute approximate surface area is 131 Å². The molecule has 0 aliphatic carbocycles. The molecule has 0 heterocycles. The lowest BCUT2D eigenvalue weighted by Gasteiger charge is -2.12. The molecule has 20 heavy (non-hydrogen) atoms. The molecule has 5 heteroatoms. The van der Waals surface area contributed by atoms with Gasteiger partial charge in [-0.1, -0.05) is 29.5 Å². The fraction of sp³-hybridized carbons (Fsp3) is 0.200. The van der Waals surface area contributed by atoms with Gasteiger partial charge in [-0.25, -0.2) is 0 Å². The fourth-order valence-electron chi connectivity index (χ4n) is 1.71. The van der Waals surface area contributed by atoms with E-state index in [-0.39, 0.29) is 13.8 Å². The van der Waals surface area contributed by atoms with Crippen molar-refractivity contribution >= 4 is 17.4 Å². The van der Waals surface area contributed by atoms with E-state index in [1.165, 1.54) is 5.56 Å². The molecule has 108 valence electrons. The van der Waals surface area contributed by atoms with Crippen LogP contribution in [-0.4, -0.2) is 14.2 Å². The second kappa shape index (κ2) is 7.31. The van der Waals surface area contributed by atoms with Crippen molar-refractivity contribution in [2.45, 2.75) is 16.7 Å². The summed E-state index contributed by atoms with van der Waals surface area (Å²) in [5, 5.41) is 0. The predicted molar refractivity (Wildman–Crippen MR) is 80.4 cm³/mol. The first-order valence-electron chi connectivity index (χ1n) is 5.90. The topological polar surface area (TPSA) is 44.5 Å². The molecule has 0 aromatic heterocycles. The Morgan fingerprint density at radius 2 is 1.60 bits per heavy atom. The van der Waals surface area contributed by atoms with Gasteiger partial charge >= 0.3 is 1.43 Å². The first-order valence-corrected chi connectivity index (χ1v) is 6.71. The number of halogens is 1. The highest BCUT2D eigenvalue weighted by molar-refractivity contribution is 7.99. The fourth-order valence-corrected chi connectivity index (χ4v) is 2.64. The van der Waals surface area contributed by atoms with E-state index in [1.54, 1.807) is 32.0 Å². The second-order valence-electron chi connectivity index (χ2n) is 4.16. The van der Waals surface area contributed by atoms with Crippen LogP contribution >= 0.6 is 11.8 Å². The summed E-state index contributed by atoms with van der Waals surface area (Å²) in [7, 11) is 3.25. The third kappa shape index (κ3) is 3.74. The Morgan fingerprint density at radius 3 is 2.15 bits per heavy atom. The van der Waals surface area contributed by atoms with Crippen molar-refractivity contribution in [1.82, 2.24) is 0 Å². The molecular weight excluding hydrogens is 294 g/mol. The third-order valence-corrected chi connectivity index (χ3v) is 3.81. The van der Waals surface area contributed by atoms with Crippen LogP contribution in [0.4, 0.5) is 5.69 Å². The molecule has 0 saturated carbocycles. The number of hydrogen-bond acceptors (Lipinski definition) is 4. The second-order valence-corrected chi connectivity index (χ2v) is 5.28. The van der Waals surface area contributed by atoms with Crippen LogP contribution in [0.2, 0.25) is 0 Å². The minimum atomic E-state index is 0. The summed E-state index contributed by atoms with van der Waals surface area (Å²) in [6, 6.07) is 12.0. The van der Waals surface area contributed by atoms with E-state index in [0.717, 1.165) is 15.5 Å². The van der Waals surface area contributed by atoms with Crippen LogP contribution in [0.5, 0.6) is 11.5 Å². The number of aryl methyl sites for hydroxylation is 1. The number of nitrogen functional groups attached to an aromatic ring is 1. The Hall–Kier alpha value is -1.52. The molecule has 0 spiro atoms. The summed E-state index contributed by atoms with van der Waals surface area (Å²) >= 11 is 1.63. The van der Waals surface area contributed by atoms with Gasteiger partial charge in [0, 0.05) is 11.0 Å². The van der Waals surface area contributed by atoms with Gasteiger partial charge in [0.05, 0.1) is 24.8 Å². The van der Waals surface area contributed by atoms with Crippen molar-refractivity contribution in [2.24, 2.45) is 0 Å². The summed E-state index contributed by atoms with van der Waals surface area (Å²) < 4.78 is 10.6. The van der Waals surface area contributed by atoms with E-state index < -0.39 is 0 Å². The molecule has 3 nitrogen and oxygen atoms in total. The highest BCUT2D eigenvalue weighted by Gasteiger charge is 2.10. The first kappa shape index (κ1) is 16.5. The Morgan fingerprint density at radius 1 is 1.00 bits per heavy atom. The monoisotopic (exact) mass is 311 g/mol. The van der Waals surface area contributed by atoms with Crippen molar-refractivity contribution in [3.8, 4) is 11.5 Å². The number of anilines is 1. The molecule has 0 atom stereocenters. The number of benzene rings is 2. The molecule has 0 aliphatic rings. The molecule has 2 rings (SSSR count). The Kier molecular flexibility index (Phi) is 6.05. The highest BCUT2D eigenvalue weighted by Crippen LogP contribution is 2.40. The average Bonchev–Trinajstić information content (AvgIpc) is 2.42. The highest BCUT2D eigenvalue weighted by atomic mass is 35.5. The van der Waals surface area contributed by atoms with Crippen LogP contribution in [0, 0.1) is 6.92 Å². The third-order valence-electron chi connectivity index (χ3n) is 2.76. The molecule has 2 aromatic rings. The molecular formula is C15H18ClNO2S. The number of hydrogen-bond donors (Lipinski definition) is 1. The van der Waals surface area contributed by atoms with Gasteiger partial charge in [0.2, 0.25) is 0 Å². The number of ether oxygens (including phenoxy) is 2. The van der Waals surface area contributed by atoms with Crippen molar-refractivity contribution in [3.05, 3.63) is 42.0 Å². The van der Waals surface area contributed by atoms with Crippen LogP contribution in [0.15, 0.2) is 46.2 Å². The summed E-state index contributed by atoms with van der Waals surface area (Å²) in [6.45, 7) is 2.07. The van der Waals surface area contributed by atoms with Crippen molar-refractivity contribution in [3.63, 3.8) is 0 Å². The molecule has 0 unspecified atom stereocenters. The van der Waals surface area contributed by atoms with Crippen LogP contribution in [0.3, 0.4) is 0 Å². The molecule has 2 N–H and O–H groups in total. The number of nitrogens with two attached hydrogens (primary N) is 1. The maximum absolute atomic E-state index is 5.88. The van der Waals surface area contributed by atoms with Gasteiger partial charge in [0.15, 0.2) is 0 Å². The summed E-state index contributed by atoms with van der Waals surface area (Å²) in [5.41, 5.74) is 7.69. The van der Waals surface area contributed by atoms with Crippen molar-refractivity contribution in [2.75, 3.05) is 20.0 Å². The molecule has 2 aromatic carbocycles. The zero-order chi connectivity index (χ0) is 13.8. The predicted octanol–water partition coefficient (Wildman–Crippen LogP) is 0.862. The molecule has 0 radical (unpaired) electrons. The average molecular weight is 312 g/mol. The van der Waals surface area contributed by atoms with E-state index in [1.807, 2.05) is 6.07 Å². The SMILES string of the molecule is COc1cc(Sc2ccc(C)cc2)c(OC)cc1N.[Cl-].[H+]. The molecule has 0 saturated heterocycles. The zero-order valence-corrected chi connectivity index (χ0v) is 13.2. The lowest BCUT2D eigenvalue weighted by atomic mass is 10.2. The smallest absolute Gasteiger partial charge is 1.00 e. The van der Waals surface area contributed by atoms with Gasteiger partial charge in [-0.15, -0.1) is 0 Å². The lowest BCUT2D eigenvalue weighted by Crippen LogP contribution is -3.00. The Balaban J connectivity index is 0.00000200. The van der Waals surface area contributed by atoms with Gasteiger partial charge < -0.3 is 27.6 Å². The molecule has 0 aliphatic heterocycles. The maximum atomic E-state index is 5.88. The van der Waals surface area contributed by atoms with Crippen LogP contribution < -0.4 is 27.6 Å². The summed E-state index contributed by atoms with van der Waals surface area (Å²) in [5.74, 6) is 1.42. The molecule has 0 amide bonds. The summed E-state index contributed by atoms with van der Waals surface area (Å²) in [4.78, 5) is 2.13. The summed E-state index contributed by atoms with van der Waals surface area (Å²) in [6.07, 6.45) is 0. The number of methoxy groups -OCH3 is 2. The largest absolute Gasteiger partial charge is 1.00 e. The van der Waals surface area contributed by atoms with Crippen LogP contribution in [0.1, 0.15) is 6.99 Å². The minimum Gasteiger partial charge on any atom is -1.00 e. The standard InChI is InChI=1S/C15H17NO2S.ClH/c1-10-4-6-11(7-5-10)19-15-9-13(17-2)12(16)8-14(15)18-3;/h4-9H,16H2,1-3H3;1H. The van der Waals surface area contributed by atoms with Gasteiger partial charge in [-0.3, -0.25) is 0 Å². The van der Waals surface area contributed by atoms with E-state index in [0.29, 0.717) is 11.4 Å².